The van der Waals surface area contributed by atoms with E-state index in [0.717, 1.165) is 48.8 Å². The van der Waals surface area contributed by atoms with Gasteiger partial charge in [0.2, 0.25) is 0 Å². The lowest BCUT2D eigenvalue weighted by Crippen LogP contribution is -2.45. The van der Waals surface area contributed by atoms with E-state index >= 15 is 0 Å². The molecule has 2 aromatic rings. The van der Waals surface area contributed by atoms with Crippen LogP contribution in [0.4, 0.5) is 13.2 Å². The van der Waals surface area contributed by atoms with Gasteiger partial charge in [-0.3, -0.25) is 4.90 Å². The topological polar surface area (TPSA) is 24.5 Å². The number of thiophene rings is 1. The number of nitrogens with zero attached hydrogens (tertiary/aromatic N) is 1. The van der Waals surface area contributed by atoms with Crippen molar-refractivity contribution in [2.75, 3.05) is 33.3 Å². The number of nitrogens with one attached hydrogen (secondary N) is 1. The summed E-state index contributed by atoms with van der Waals surface area (Å²) in [7, 11) is 1.42. The molecule has 1 aliphatic heterocycles. The number of halogens is 4. The van der Waals surface area contributed by atoms with Gasteiger partial charge in [0.1, 0.15) is 5.75 Å². The summed E-state index contributed by atoms with van der Waals surface area (Å²) in [6.07, 6.45) is -4.38. The van der Waals surface area contributed by atoms with E-state index in [2.05, 4.69) is 10.2 Å². The van der Waals surface area contributed by atoms with Crippen molar-refractivity contribution in [2.24, 2.45) is 0 Å². The smallest absolute Gasteiger partial charge is 0.416 e. The van der Waals surface area contributed by atoms with Crippen LogP contribution in [0.2, 0.25) is 0 Å². The first-order chi connectivity index (χ1) is 11.5. The molecule has 0 unspecified atom stereocenters. The van der Waals surface area contributed by atoms with Crippen LogP contribution in [0.25, 0.3) is 0 Å². The Morgan fingerprint density at radius 2 is 1.92 bits per heavy atom. The van der Waals surface area contributed by atoms with Gasteiger partial charge in [-0.05, 0) is 23.6 Å². The minimum absolute atomic E-state index is 0. The molecule has 0 spiro atoms. The standard InChI is InChI=1S/C17H19F3N2OS.ClH/c1-23-14-11-12(17(18,19)20)4-5-13(14)16(15-3-2-10-24-15)22-8-6-21-7-9-22;/h2-5,10-11,16,21H,6-9H2,1H3;1H/t16-;/m1./s1. The zero-order valence-electron chi connectivity index (χ0n) is 13.7. The van der Waals surface area contributed by atoms with Gasteiger partial charge in [-0.15, -0.1) is 23.7 Å². The van der Waals surface area contributed by atoms with E-state index in [-0.39, 0.29) is 24.2 Å². The van der Waals surface area contributed by atoms with Gasteiger partial charge >= 0.3 is 6.18 Å². The van der Waals surface area contributed by atoms with Gasteiger partial charge in [0.15, 0.2) is 0 Å². The Morgan fingerprint density at radius 1 is 1.20 bits per heavy atom. The maximum absolute atomic E-state index is 13.0. The molecule has 1 aliphatic rings. The predicted molar refractivity (Wildman–Crippen MR) is 95.8 cm³/mol. The third-order valence-corrected chi connectivity index (χ3v) is 5.11. The summed E-state index contributed by atoms with van der Waals surface area (Å²) in [6.45, 7) is 3.41. The van der Waals surface area contributed by atoms with Crippen LogP contribution in [0.5, 0.6) is 5.75 Å². The van der Waals surface area contributed by atoms with Crippen molar-refractivity contribution in [1.29, 1.82) is 0 Å². The predicted octanol–water partition coefficient (Wildman–Crippen LogP) is 4.19. The van der Waals surface area contributed by atoms with Crippen LogP contribution in [-0.4, -0.2) is 38.2 Å². The molecule has 1 N–H and O–H groups in total. The number of ether oxygens (including phenoxy) is 1. The number of alkyl halides is 3. The van der Waals surface area contributed by atoms with Crippen LogP contribution >= 0.6 is 23.7 Å². The Labute approximate surface area is 155 Å². The second kappa shape index (κ2) is 8.40. The van der Waals surface area contributed by atoms with E-state index in [0.29, 0.717) is 0 Å². The summed E-state index contributed by atoms with van der Waals surface area (Å²) in [6, 6.07) is 7.68. The molecule has 1 aromatic heterocycles. The van der Waals surface area contributed by atoms with Gasteiger partial charge in [-0.2, -0.15) is 13.2 Å². The van der Waals surface area contributed by atoms with E-state index in [1.165, 1.54) is 7.11 Å². The molecular formula is C17H20ClF3N2OS. The molecule has 0 amide bonds. The fourth-order valence-corrected chi connectivity index (χ4v) is 3.91. The lowest BCUT2D eigenvalue weighted by Gasteiger charge is -2.35. The van der Waals surface area contributed by atoms with Crippen LogP contribution in [0.15, 0.2) is 35.7 Å². The Hall–Kier alpha value is -1.28. The van der Waals surface area contributed by atoms with Crippen LogP contribution in [0.3, 0.4) is 0 Å². The highest BCUT2D eigenvalue weighted by Crippen LogP contribution is 2.40. The van der Waals surface area contributed by atoms with E-state index in [1.807, 2.05) is 17.5 Å². The Morgan fingerprint density at radius 3 is 2.48 bits per heavy atom. The van der Waals surface area contributed by atoms with Gasteiger partial charge in [-0.25, -0.2) is 0 Å². The van der Waals surface area contributed by atoms with Gasteiger partial charge < -0.3 is 10.1 Å². The number of rotatable bonds is 4. The van der Waals surface area contributed by atoms with Crippen molar-refractivity contribution >= 4 is 23.7 Å². The molecule has 1 saturated heterocycles. The normalized spacial score (nSPS) is 17.0. The molecule has 0 bridgehead atoms. The van der Waals surface area contributed by atoms with Gasteiger partial charge in [0.05, 0.1) is 18.7 Å². The molecule has 0 saturated carbocycles. The molecule has 1 aromatic carbocycles. The van der Waals surface area contributed by atoms with E-state index < -0.39 is 11.7 Å². The largest absolute Gasteiger partial charge is 0.496 e. The van der Waals surface area contributed by atoms with Crippen molar-refractivity contribution in [3.05, 3.63) is 51.7 Å². The fourth-order valence-electron chi connectivity index (χ4n) is 3.03. The minimum Gasteiger partial charge on any atom is -0.496 e. The van der Waals surface area contributed by atoms with Crippen molar-refractivity contribution in [2.45, 2.75) is 12.2 Å². The Bertz CT molecular complexity index is 673. The van der Waals surface area contributed by atoms with Crippen LogP contribution in [0, 0.1) is 0 Å². The number of methoxy groups -OCH3 is 1. The first kappa shape index (κ1) is 20.0. The zero-order chi connectivity index (χ0) is 17.2. The first-order valence-electron chi connectivity index (χ1n) is 7.74. The summed E-state index contributed by atoms with van der Waals surface area (Å²) < 4.78 is 44.3. The summed E-state index contributed by atoms with van der Waals surface area (Å²) in [5.74, 6) is 0.279. The number of hydrogen-bond donors (Lipinski definition) is 1. The summed E-state index contributed by atoms with van der Waals surface area (Å²) in [5.41, 5.74) is 0.0863. The lowest BCUT2D eigenvalue weighted by atomic mass is 9.99. The van der Waals surface area contributed by atoms with Gasteiger partial charge in [-0.1, -0.05) is 12.1 Å². The average Bonchev–Trinajstić information content (AvgIpc) is 3.09. The monoisotopic (exact) mass is 392 g/mol. The molecule has 0 radical (unpaired) electrons. The van der Waals surface area contributed by atoms with E-state index in [1.54, 1.807) is 17.4 Å². The highest BCUT2D eigenvalue weighted by Gasteiger charge is 2.33. The quantitative estimate of drug-likeness (QED) is 0.844. The molecule has 25 heavy (non-hydrogen) atoms. The second-order valence-electron chi connectivity index (χ2n) is 5.66. The average molecular weight is 393 g/mol. The van der Waals surface area contributed by atoms with Crippen molar-refractivity contribution in [3.8, 4) is 5.75 Å². The molecule has 3 rings (SSSR count). The molecule has 138 valence electrons. The zero-order valence-corrected chi connectivity index (χ0v) is 15.3. The van der Waals surface area contributed by atoms with Gasteiger partial charge in [0.25, 0.3) is 0 Å². The summed E-state index contributed by atoms with van der Waals surface area (Å²) in [4.78, 5) is 3.39. The minimum atomic E-state index is -4.38. The summed E-state index contributed by atoms with van der Waals surface area (Å²) >= 11 is 1.61. The van der Waals surface area contributed by atoms with Crippen molar-refractivity contribution < 1.29 is 17.9 Å². The van der Waals surface area contributed by atoms with Crippen LogP contribution in [-0.2, 0) is 6.18 Å². The van der Waals surface area contributed by atoms with Crippen molar-refractivity contribution in [3.63, 3.8) is 0 Å². The van der Waals surface area contributed by atoms with Crippen molar-refractivity contribution in [1.82, 2.24) is 10.2 Å². The maximum Gasteiger partial charge on any atom is 0.416 e. The molecule has 8 heteroatoms. The number of benzene rings is 1. The van der Waals surface area contributed by atoms with Crippen LogP contribution in [0.1, 0.15) is 22.0 Å². The molecule has 3 nitrogen and oxygen atoms in total. The maximum atomic E-state index is 13.0. The van der Waals surface area contributed by atoms with E-state index in [4.69, 9.17) is 4.74 Å². The third kappa shape index (κ3) is 4.47. The second-order valence-corrected chi connectivity index (χ2v) is 6.64. The Kier molecular flexibility index (Phi) is 6.73. The summed E-state index contributed by atoms with van der Waals surface area (Å²) in [5, 5.41) is 5.29. The highest BCUT2D eigenvalue weighted by atomic mass is 35.5. The molecular weight excluding hydrogens is 373 g/mol. The number of piperazine rings is 1. The molecule has 2 heterocycles. The van der Waals surface area contributed by atoms with Gasteiger partial charge in [0, 0.05) is 36.6 Å². The molecule has 1 fully saturated rings. The number of hydrogen-bond acceptors (Lipinski definition) is 4. The van der Waals surface area contributed by atoms with E-state index in [9.17, 15) is 13.2 Å². The van der Waals surface area contributed by atoms with Crippen LogP contribution < -0.4 is 10.1 Å². The Balaban J connectivity index is 0.00000225. The molecule has 0 aliphatic carbocycles. The lowest BCUT2D eigenvalue weighted by molar-refractivity contribution is -0.137. The SMILES string of the molecule is COc1cc(C(F)(F)F)ccc1[C@H](c1cccs1)N1CCNCC1.Cl. The molecule has 1 atom stereocenters. The third-order valence-electron chi connectivity index (χ3n) is 4.18. The fraction of sp³-hybridized carbons (Fsp3) is 0.412. The first-order valence-corrected chi connectivity index (χ1v) is 8.62. The highest BCUT2D eigenvalue weighted by molar-refractivity contribution is 7.10.